The Bertz CT molecular complexity index is 995. The van der Waals surface area contributed by atoms with E-state index in [-0.39, 0.29) is 26.6 Å². The molecule has 1 atom stereocenters. The summed E-state index contributed by atoms with van der Waals surface area (Å²) in [5.41, 5.74) is 0.457. The Labute approximate surface area is 166 Å². The average molecular weight is 458 g/mol. The van der Waals surface area contributed by atoms with Crippen molar-refractivity contribution < 1.29 is 18.3 Å². The fourth-order valence-electron chi connectivity index (χ4n) is 2.85. The van der Waals surface area contributed by atoms with Crippen molar-refractivity contribution in [2.45, 2.75) is 5.79 Å². The summed E-state index contributed by atoms with van der Waals surface area (Å²) < 4.78 is 40.8. The predicted molar refractivity (Wildman–Crippen MR) is 99.0 cm³/mol. The number of ether oxygens (including phenoxy) is 2. The minimum atomic E-state index is -1.71. The van der Waals surface area contributed by atoms with Crippen LogP contribution in [0.2, 0.25) is 10.0 Å². The van der Waals surface area contributed by atoms with E-state index in [0.29, 0.717) is 10.6 Å². The first-order chi connectivity index (χ1) is 12.4. The number of fused-ring (bicyclic) bond motifs is 1. The first-order valence-corrected chi connectivity index (χ1v) is 9.03. The highest BCUT2D eigenvalue weighted by Crippen LogP contribution is 2.51. The van der Waals surface area contributed by atoms with Crippen molar-refractivity contribution in [2.24, 2.45) is 0 Å². The molecular formula is C19H9BrCl2F2O2. The lowest BCUT2D eigenvalue weighted by atomic mass is 9.96. The molecular weight excluding hydrogens is 449 g/mol. The number of halogens is 5. The molecule has 0 bridgehead atoms. The third-order valence-electron chi connectivity index (χ3n) is 4.01. The van der Waals surface area contributed by atoms with Crippen LogP contribution in [0, 0.1) is 11.6 Å². The second-order valence-corrected chi connectivity index (χ2v) is 7.34. The molecule has 1 unspecified atom stereocenters. The maximum absolute atomic E-state index is 14.7. The van der Waals surface area contributed by atoms with E-state index in [4.69, 9.17) is 32.7 Å². The van der Waals surface area contributed by atoms with Crippen molar-refractivity contribution in [3.05, 3.63) is 91.9 Å². The van der Waals surface area contributed by atoms with Crippen LogP contribution in [-0.2, 0) is 5.79 Å². The van der Waals surface area contributed by atoms with Crippen molar-refractivity contribution in [3.8, 4) is 11.5 Å². The van der Waals surface area contributed by atoms with Crippen LogP contribution in [0.15, 0.2) is 59.1 Å². The summed E-state index contributed by atoms with van der Waals surface area (Å²) in [6.45, 7) is 0. The second-order valence-electron chi connectivity index (χ2n) is 5.64. The Morgan fingerprint density at radius 3 is 2.19 bits per heavy atom. The first kappa shape index (κ1) is 17.6. The normalized spacial score (nSPS) is 18.2. The summed E-state index contributed by atoms with van der Waals surface area (Å²) in [4.78, 5) is 0. The SMILES string of the molecule is Fc1cc2c(cc1Br)OC(c1ccccc1F)(c1ccc(Cl)cc1Cl)O2. The first-order valence-electron chi connectivity index (χ1n) is 7.48. The summed E-state index contributed by atoms with van der Waals surface area (Å²) in [5.74, 6) is -2.39. The Kier molecular flexibility index (Phi) is 4.34. The predicted octanol–water partition coefficient (Wildman–Crippen LogP) is 6.71. The molecule has 0 saturated carbocycles. The molecule has 0 spiro atoms. The van der Waals surface area contributed by atoms with Crippen LogP contribution in [0.4, 0.5) is 8.78 Å². The van der Waals surface area contributed by atoms with Gasteiger partial charge in [-0.25, -0.2) is 8.78 Å². The van der Waals surface area contributed by atoms with E-state index in [9.17, 15) is 8.78 Å². The van der Waals surface area contributed by atoms with E-state index < -0.39 is 17.4 Å². The zero-order chi connectivity index (χ0) is 18.5. The fourth-order valence-corrected chi connectivity index (χ4v) is 3.71. The maximum Gasteiger partial charge on any atom is 0.309 e. The summed E-state index contributed by atoms with van der Waals surface area (Å²) >= 11 is 15.4. The van der Waals surface area contributed by atoms with Gasteiger partial charge < -0.3 is 9.47 Å². The fraction of sp³-hybridized carbons (Fsp3) is 0.0526. The molecule has 1 aliphatic rings. The molecule has 1 heterocycles. The van der Waals surface area contributed by atoms with Gasteiger partial charge in [0.1, 0.15) is 11.6 Å². The van der Waals surface area contributed by atoms with Crippen LogP contribution in [0.1, 0.15) is 11.1 Å². The number of hydrogen-bond acceptors (Lipinski definition) is 2. The minimum absolute atomic E-state index is 0.108. The molecule has 0 N–H and O–H groups in total. The highest BCUT2D eigenvalue weighted by molar-refractivity contribution is 9.10. The third-order valence-corrected chi connectivity index (χ3v) is 5.16. The zero-order valence-corrected chi connectivity index (χ0v) is 16.0. The largest absolute Gasteiger partial charge is 0.440 e. The molecule has 1 aliphatic heterocycles. The molecule has 3 aromatic carbocycles. The van der Waals surface area contributed by atoms with E-state index in [0.717, 1.165) is 0 Å². The van der Waals surface area contributed by atoms with Gasteiger partial charge in [0.15, 0.2) is 11.5 Å². The summed E-state index contributed by atoms with van der Waals surface area (Å²) in [6.07, 6.45) is 0. The molecule has 0 amide bonds. The highest BCUT2D eigenvalue weighted by Gasteiger charge is 2.48. The standard InChI is InChI=1S/C19H9BrCl2F2O2/c20-13-8-17-18(9-16(13)24)26-19(25-17,12-3-1-2-4-15(12)23)11-6-5-10(21)7-14(11)22/h1-9H. The number of hydrogen-bond donors (Lipinski definition) is 0. The van der Waals surface area contributed by atoms with Crippen molar-refractivity contribution in [1.29, 1.82) is 0 Å². The second kappa shape index (κ2) is 6.41. The van der Waals surface area contributed by atoms with Crippen LogP contribution < -0.4 is 9.47 Å². The highest BCUT2D eigenvalue weighted by atomic mass is 79.9. The lowest BCUT2D eigenvalue weighted by molar-refractivity contribution is -0.0486. The van der Waals surface area contributed by atoms with E-state index in [1.165, 1.54) is 30.3 Å². The summed E-state index contributed by atoms with van der Waals surface area (Å²) in [7, 11) is 0. The molecule has 4 rings (SSSR count). The number of rotatable bonds is 2. The van der Waals surface area contributed by atoms with Gasteiger partial charge in [0.05, 0.1) is 20.6 Å². The van der Waals surface area contributed by atoms with Crippen LogP contribution in [-0.4, -0.2) is 0 Å². The van der Waals surface area contributed by atoms with E-state index in [1.807, 2.05) is 0 Å². The Morgan fingerprint density at radius 2 is 1.50 bits per heavy atom. The molecule has 26 heavy (non-hydrogen) atoms. The topological polar surface area (TPSA) is 18.5 Å². The third kappa shape index (κ3) is 2.75. The Morgan fingerprint density at radius 1 is 0.808 bits per heavy atom. The number of benzene rings is 3. The van der Waals surface area contributed by atoms with Gasteiger partial charge in [-0.1, -0.05) is 35.3 Å². The van der Waals surface area contributed by atoms with Gasteiger partial charge in [-0.05, 0) is 46.3 Å². The van der Waals surface area contributed by atoms with Gasteiger partial charge in [0.2, 0.25) is 0 Å². The minimum Gasteiger partial charge on any atom is -0.440 e. The molecule has 0 fully saturated rings. The van der Waals surface area contributed by atoms with Crippen molar-refractivity contribution in [1.82, 2.24) is 0 Å². The van der Waals surface area contributed by atoms with Gasteiger partial charge in [0, 0.05) is 17.2 Å². The van der Waals surface area contributed by atoms with Gasteiger partial charge in [-0.2, -0.15) is 0 Å². The smallest absolute Gasteiger partial charge is 0.309 e. The van der Waals surface area contributed by atoms with Crippen LogP contribution in [0.5, 0.6) is 11.5 Å². The summed E-state index contributed by atoms with van der Waals surface area (Å²) in [5, 5.41) is 0.639. The van der Waals surface area contributed by atoms with Crippen LogP contribution >= 0.6 is 39.1 Å². The monoisotopic (exact) mass is 456 g/mol. The van der Waals surface area contributed by atoms with Crippen LogP contribution in [0.3, 0.4) is 0 Å². The zero-order valence-electron chi connectivity index (χ0n) is 12.9. The summed E-state index contributed by atoms with van der Waals surface area (Å²) in [6, 6.07) is 13.3. The average Bonchev–Trinajstić information content (AvgIpc) is 2.94. The lowest BCUT2D eigenvalue weighted by Gasteiger charge is -2.29. The molecule has 0 aliphatic carbocycles. The van der Waals surface area contributed by atoms with Gasteiger partial charge in [0.25, 0.3) is 0 Å². The van der Waals surface area contributed by atoms with Gasteiger partial charge in [-0.3, -0.25) is 0 Å². The maximum atomic E-state index is 14.7. The molecule has 0 radical (unpaired) electrons. The Balaban J connectivity index is 1.97. The van der Waals surface area contributed by atoms with E-state index >= 15 is 0 Å². The molecule has 0 aromatic heterocycles. The molecule has 2 nitrogen and oxygen atoms in total. The van der Waals surface area contributed by atoms with Crippen LogP contribution in [0.25, 0.3) is 0 Å². The van der Waals surface area contributed by atoms with Gasteiger partial charge >= 0.3 is 5.79 Å². The van der Waals surface area contributed by atoms with Crippen molar-refractivity contribution in [2.75, 3.05) is 0 Å². The Hall–Kier alpha value is -1.82. The quantitative estimate of drug-likeness (QED) is 0.426. The lowest BCUT2D eigenvalue weighted by Crippen LogP contribution is -2.38. The molecule has 0 saturated heterocycles. The molecule has 132 valence electrons. The molecule has 7 heteroatoms. The van der Waals surface area contributed by atoms with Crippen molar-refractivity contribution in [3.63, 3.8) is 0 Å². The van der Waals surface area contributed by atoms with E-state index in [2.05, 4.69) is 15.9 Å². The van der Waals surface area contributed by atoms with Crippen molar-refractivity contribution >= 4 is 39.1 Å². The van der Waals surface area contributed by atoms with Gasteiger partial charge in [-0.15, -0.1) is 0 Å². The molecule has 3 aromatic rings. The van der Waals surface area contributed by atoms with E-state index in [1.54, 1.807) is 24.3 Å².